The third-order valence-corrected chi connectivity index (χ3v) is 4.34. The minimum Gasteiger partial charge on any atom is -0.391 e. The summed E-state index contributed by atoms with van der Waals surface area (Å²) in [6, 6.07) is 27.8. The SMILES string of the molecule is Cl.N[C@@H](c1ccc(NCc2ccccc2)cc1)[C@H](O)Cc1ccccc1. The summed E-state index contributed by atoms with van der Waals surface area (Å²) in [5.74, 6) is 0. The quantitative estimate of drug-likeness (QED) is 0.582. The maximum absolute atomic E-state index is 10.4. The van der Waals surface area contributed by atoms with E-state index in [1.807, 2.05) is 72.8 Å². The van der Waals surface area contributed by atoms with Crippen LogP contribution < -0.4 is 11.1 Å². The summed E-state index contributed by atoms with van der Waals surface area (Å²) in [5, 5.41) is 13.8. The average molecular weight is 369 g/mol. The molecule has 3 aromatic carbocycles. The summed E-state index contributed by atoms with van der Waals surface area (Å²) in [6.45, 7) is 0.781. The Morgan fingerprint density at radius 3 is 1.88 bits per heavy atom. The van der Waals surface area contributed by atoms with Gasteiger partial charge in [-0.25, -0.2) is 0 Å². The topological polar surface area (TPSA) is 58.3 Å². The van der Waals surface area contributed by atoms with Gasteiger partial charge in [0.05, 0.1) is 12.1 Å². The number of aliphatic hydroxyl groups is 1. The lowest BCUT2D eigenvalue weighted by atomic mass is 9.97. The first-order valence-corrected chi connectivity index (χ1v) is 8.58. The first kappa shape index (κ1) is 20.0. The zero-order valence-corrected chi connectivity index (χ0v) is 15.4. The number of aliphatic hydroxyl groups excluding tert-OH is 1. The Morgan fingerprint density at radius 2 is 1.31 bits per heavy atom. The molecule has 4 N–H and O–H groups in total. The largest absolute Gasteiger partial charge is 0.391 e. The van der Waals surface area contributed by atoms with Gasteiger partial charge in [0.25, 0.3) is 0 Å². The molecule has 0 saturated carbocycles. The molecule has 3 rings (SSSR count). The second-order valence-electron chi connectivity index (χ2n) is 6.24. The van der Waals surface area contributed by atoms with E-state index in [4.69, 9.17) is 5.73 Å². The number of nitrogens with two attached hydrogens (primary N) is 1. The molecular formula is C22H25ClN2O. The molecule has 26 heavy (non-hydrogen) atoms. The highest BCUT2D eigenvalue weighted by Crippen LogP contribution is 2.20. The van der Waals surface area contributed by atoms with Crippen LogP contribution in [0.3, 0.4) is 0 Å². The van der Waals surface area contributed by atoms with Crippen molar-refractivity contribution in [1.29, 1.82) is 0 Å². The molecule has 0 heterocycles. The van der Waals surface area contributed by atoms with Gasteiger partial charge < -0.3 is 16.2 Å². The van der Waals surface area contributed by atoms with E-state index in [1.165, 1.54) is 5.56 Å². The Labute approximate surface area is 161 Å². The van der Waals surface area contributed by atoms with Crippen LogP contribution in [-0.2, 0) is 13.0 Å². The lowest BCUT2D eigenvalue weighted by Gasteiger charge is -2.20. The van der Waals surface area contributed by atoms with Crippen LogP contribution >= 0.6 is 12.4 Å². The lowest BCUT2D eigenvalue weighted by Crippen LogP contribution is -2.28. The molecule has 0 saturated heterocycles. The maximum Gasteiger partial charge on any atom is 0.0773 e. The summed E-state index contributed by atoms with van der Waals surface area (Å²) in [7, 11) is 0. The third-order valence-electron chi connectivity index (χ3n) is 4.34. The number of hydrogen-bond donors (Lipinski definition) is 3. The van der Waals surface area contributed by atoms with Gasteiger partial charge in [0.1, 0.15) is 0 Å². The van der Waals surface area contributed by atoms with E-state index in [0.717, 1.165) is 23.4 Å². The Kier molecular flexibility index (Phi) is 7.67. The van der Waals surface area contributed by atoms with Crippen LogP contribution in [0.25, 0.3) is 0 Å². The number of rotatable bonds is 7. The minimum absolute atomic E-state index is 0. The van der Waals surface area contributed by atoms with Crippen molar-refractivity contribution < 1.29 is 5.11 Å². The van der Waals surface area contributed by atoms with E-state index in [0.29, 0.717) is 6.42 Å². The molecule has 0 radical (unpaired) electrons. The molecule has 3 nitrogen and oxygen atoms in total. The van der Waals surface area contributed by atoms with Crippen molar-refractivity contribution >= 4 is 18.1 Å². The molecule has 0 aliphatic carbocycles. The highest BCUT2D eigenvalue weighted by atomic mass is 35.5. The molecule has 2 atom stereocenters. The minimum atomic E-state index is -0.606. The normalized spacial score (nSPS) is 12.7. The number of hydrogen-bond acceptors (Lipinski definition) is 3. The second kappa shape index (κ2) is 9.97. The molecule has 0 spiro atoms. The van der Waals surface area contributed by atoms with Gasteiger partial charge in [0.2, 0.25) is 0 Å². The summed E-state index contributed by atoms with van der Waals surface area (Å²) in [6.07, 6.45) is -0.0544. The molecule has 0 aliphatic heterocycles. The van der Waals surface area contributed by atoms with E-state index in [-0.39, 0.29) is 12.4 Å². The lowest BCUT2D eigenvalue weighted by molar-refractivity contribution is 0.145. The van der Waals surface area contributed by atoms with Crippen molar-refractivity contribution in [2.24, 2.45) is 5.73 Å². The predicted molar refractivity (Wildman–Crippen MR) is 111 cm³/mol. The fraction of sp³-hybridized carbons (Fsp3) is 0.182. The Bertz CT molecular complexity index is 763. The van der Waals surface area contributed by atoms with Gasteiger partial charge in [-0.3, -0.25) is 0 Å². The number of anilines is 1. The van der Waals surface area contributed by atoms with Gasteiger partial charge in [-0.1, -0.05) is 72.8 Å². The average Bonchev–Trinajstić information content (AvgIpc) is 2.68. The first-order valence-electron chi connectivity index (χ1n) is 8.58. The Morgan fingerprint density at radius 1 is 0.769 bits per heavy atom. The zero-order chi connectivity index (χ0) is 17.5. The van der Waals surface area contributed by atoms with Crippen molar-refractivity contribution in [1.82, 2.24) is 0 Å². The van der Waals surface area contributed by atoms with Crippen LogP contribution in [-0.4, -0.2) is 11.2 Å². The van der Waals surface area contributed by atoms with Crippen molar-refractivity contribution in [3.8, 4) is 0 Å². The summed E-state index contributed by atoms with van der Waals surface area (Å²) in [5.41, 5.74) is 10.5. The van der Waals surface area contributed by atoms with Gasteiger partial charge in [-0.2, -0.15) is 0 Å². The molecule has 0 amide bonds. The number of benzene rings is 3. The fourth-order valence-corrected chi connectivity index (χ4v) is 2.83. The van der Waals surface area contributed by atoms with E-state index in [2.05, 4.69) is 17.4 Å². The van der Waals surface area contributed by atoms with Crippen molar-refractivity contribution in [2.75, 3.05) is 5.32 Å². The van der Waals surface area contributed by atoms with Crippen LogP contribution in [0.2, 0.25) is 0 Å². The molecule has 3 aromatic rings. The van der Waals surface area contributed by atoms with Crippen LogP contribution in [0.15, 0.2) is 84.9 Å². The van der Waals surface area contributed by atoms with Gasteiger partial charge in [0.15, 0.2) is 0 Å². The van der Waals surface area contributed by atoms with Crippen molar-refractivity contribution in [3.05, 3.63) is 102 Å². The van der Waals surface area contributed by atoms with Crippen molar-refractivity contribution in [2.45, 2.75) is 25.1 Å². The highest BCUT2D eigenvalue weighted by molar-refractivity contribution is 5.85. The third kappa shape index (κ3) is 5.60. The molecule has 0 fully saturated rings. The summed E-state index contributed by atoms with van der Waals surface area (Å²) < 4.78 is 0. The standard InChI is InChI=1S/C22H24N2O.ClH/c23-22(21(25)15-17-7-3-1-4-8-17)19-11-13-20(14-12-19)24-16-18-9-5-2-6-10-18;/h1-14,21-22,24-25H,15-16,23H2;1H/t21-,22+;/m1./s1. The van der Waals surface area contributed by atoms with Crippen molar-refractivity contribution in [3.63, 3.8) is 0 Å². The highest BCUT2D eigenvalue weighted by Gasteiger charge is 2.17. The van der Waals surface area contributed by atoms with Crippen LogP contribution in [0.1, 0.15) is 22.7 Å². The van der Waals surface area contributed by atoms with Gasteiger partial charge in [0, 0.05) is 18.7 Å². The Balaban J connectivity index is 0.00000243. The van der Waals surface area contributed by atoms with Gasteiger partial charge in [-0.15, -0.1) is 12.4 Å². The first-order chi connectivity index (χ1) is 12.2. The monoisotopic (exact) mass is 368 g/mol. The van der Waals surface area contributed by atoms with Gasteiger partial charge in [-0.05, 0) is 28.8 Å². The zero-order valence-electron chi connectivity index (χ0n) is 14.6. The molecule has 136 valence electrons. The predicted octanol–water partition coefficient (Wildman–Crippen LogP) is 4.32. The maximum atomic E-state index is 10.4. The molecule has 0 aliphatic rings. The molecule has 0 bridgehead atoms. The van der Waals surface area contributed by atoms with Crippen LogP contribution in [0.4, 0.5) is 5.69 Å². The molecule has 0 unspecified atom stereocenters. The summed E-state index contributed by atoms with van der Waals surface area (Å²) in [4.78, 5) is 0. The van der Waals surface area contributed by atoms with E-state index >= 15 is 0 Å². The Hall–Kier alpha value is -2.33. The van der Waals surface area contributed by atoms with E-state index in [9.17, 15) is 5.11 Å². The smallest absolute Gasteiger partial charge is 0.0773 e. The molecule has 0 aromatic heterocycles. The number of halogens is 1. The van der Waals surface area contributed by atoms with E-state index < -0.39 is 12.1 Å². The van der Waals surface area contributed by atoms with Crippen LogP contribution in [0, 0.1) is 0 Å². The fourth-order valence-electron chi connectivity index (χ4n) is 2.83. The second-order valence-corrected chi connectivity index (χ2v) is 6.24. The number of nitrogens with one attached hydrogen (secondary N) is 1. The van der Waals surface area contributed by atoms with Crippen LogP contribution in [0.5, 0.6) is 0 Å². The summed E-state index contributed by atoms with van der Waals surface area (Å²) >= 11 is 0. The molecule has 4 heteroatoms. The van der Waals surface area contributed by atoms with E-state index in [1.54, 1.807) is 0 Å². The van der Waals surface area contributed by atoms with Gasteiger partial charge >= 0.3 is 0 Å². The molecular weight excluding hydrogens is 344 g/mol.